The smallest absolute Gasteiger partial charge is 0.375 e. The van der Waals surface area contributed by atoms with Crippen molar-refractivity contribution < 1.29 is 17.6 Å². The first-order valence-electron chi connectivity index (χ1n) is 13.6. The van der Waals surface area contributed by atoms with Crippen LogP contribution < -0.4 is 10.6 Å². The summed E-state index contributed by atoms with van der Waals surface area (Å²) in [5.41, 5.74) is 1.69. The largest absolute Gasteiger partial charge is 0.416 e. The van der Waals surface area contributed by atoms with Gasteiger partial charge in [0.05, 0.1) is 16.4 Å². The van der Waals surface area contributed by atoms with Gasteiger partial charge in [-0.3, -0.25) is 4.98 Å². The molecule has 1 heterocycles. The number of allylic oxidation sites excluding steroid dienone is 7. The number of alkyl halides is 3. The lowest BCUT2D eigenvalue weighted by Crippen LogP contribution is -2.29. The molecule has 2 N–H and O–H groups in total. The van der Waals surface area contributed by atoms with Crippen molar-refractivity contribution in [2.75, 3.05) is 7.05 Å². The van der Waals surface area contributed by atoms with Crippen LogP contribution in [0, 0.1) is 6.92 Å². The van der Waals surface area contributed by atoms with Crippen LogP contribution in [0.1, 0.15) is 75.9 Å². The molecular weight excluding hydrogens is 550 g/mol. The number of halogens is 5. The third-order valence-electron chi connectivity index (χ3n) is 5.51. The van der Waals surface area contributed by atoms with Crippen LogP contribution in [0.15, 0.2) is 102 Å². The molecule has 226 valence electrons. The predicted octanol–water partition coefficient (Wildman–Crippen LogP) is 10.1. The summed E-state index contributed by atoms with van der Waals surface area (Å²) in [5, 5.41) is 5.99. The third kappa shape index (κ3) is 15.9. The normalized spacial score (nSPS) is 13.6. The molecule has 0 aliphatic heterocycles. The van der Waals surface area contributed by atoms with Gasteiger partial charge in [0.15, 0.2) is 0 Å². The summed E-state index contributed by atoms with van der Waals surface area (Å²) in [7, 11) is 1.76. The van der Waals surface area contributed by atoms with Gasteiger partial charge < -0.3 is 10.6 Å². The van der Waals surface area contributed by atoms with Crippen molar-refractivity contribution in [3.05, 3.63) is 125 Å². The minimum Gasteiger partial charge on any atom is -0.375 e. The Morgan fingerprint density at radius 1 is 1.12 bits per heavy atom. The van der Waals surface area contributed by atoms with E-state index in [2.05, 4.69) is 22.2 Å². The van der Waals surface area contributed by atoms with Crippen LogP contribution in [0.25, 0.3) is 0 Å². The number of hydrogen-bond donors (Lipinski definition) is 2. The molecular formula is C33H44ClF4N3. The molecule has 2 aromatic rings. The highest BCUT2D eigenvalue weighted by Gasteiger charge is 2.31. The molecule has 2 unspecified atom stereocenters. The van der Waals surface area contributed by atoms with Gasteiger partial charge in [0.2, 0.25) is 0 Å². The van der Waals surface area contributed by atoms with Crippen molar-refractivity contribution in [3.8, 4) is 0 Å². The van der Waals surface area contributed by atoms with Gasteiger partial charge in [-0.1, -0.05) is 86.7 Å². The zero-order valence-corrected chi connectivity index (χ0v) is 25.9. The Bertz CT molecular complexity index is 1160. The van der Waals surface area contributed by atoms with Crippen LogP contribution in [0.3, 0.4) is 0 Å². The molecule has 0 fully saturated rings. The maximum atomic E-state index is 13.1. The second kappa shape index (κ2) is 20.5. The van der Waals surface area contributed by atoms with E-state index in [4.69, 9.17) is 11.6 Å². The number of nitrogens with zero attached hydrogens (tertiary/aromatic N) is 1. The first kappa shape index (κ1) is 37.7. The summed E-state index contributed by atoms with van der Waals surface area (Å²) in [6.07, 6.45) is 7.97. The summed E-state index contributed by atoms with van der Waals surface area (Å²) < 4.78 is 52.1. The number of hydrogen-bond acceptors (Lipinski definition) is 3. The first-order valence-corrected chi connectivity index (χ1v) is 14.0. The van der Waals surface area contributed by atoms with E-state index < -0.39 is 17.6 Å². The Morgan fingerprint density at radius 2 is 1.78 bits per heavy atom. The summed E-state index contributed by atoms with van der Waals surface area (Å²) in [6.45, 7) is 14.9. The maximum Gasteiger partial charge on any atom is 0.416 e. The molecule has 0 amide bonds. The lowest BCUT2D eigenvalue weighted by atomic mass is 9.89. The number of aryl methyl sites for hydroxylation is 1. The molecule has 2 atom stereocenters. The average molecular weight is 594 g/mol. The van der Waals surface area contributed by atoms with E-state index in [1.807, 2.05) is 77.1 Å². The van der Waals surface area contributed by atoms with Crippen LogP contribution in [0.2, 0.25) is 0 Å². The van der Waals surface area contributed by atoms with Crippen LogP contribution in [0.4, 0.5) is 17.6 Å². The van der Waals surface area contributed by atoms with Gasteiger partial charge in [-0.2, -0.15) is 13.2 Å². The van der Waals surface area contributed by atoms with E-state index in [0.717, 1.165) is 23.9 Å². The van der Waals surface area contributed by atoms with Crippen LogP contribution in [0.5, 0.6) is 0 Å². The number of nitrogens with one attached hydrogen (secondary N) is 2. The van der Waals surface area contributed by atoms with E-state index in [-0.39, 0.29) is 17.0 Å². The van der Waals surface area contributed by atoms with Crippen LogP contribution in [-0.4, -0.2) is 18.1 Å². The highest BCUT2D eigenvalue weighted by atomic mass is 35.5. The van der Waals surface area contributed by atoms with Crippen molar-refractivity contribution in [1.29, 1.82) is 0 Å². The molecule has 41 heavy (non-hydrogen) atoms. The molecule has 0 bridgehead atoms. The van der Waals surface area contributed by atoms with E-state index in [9.17, 15) is 17.6 Å². The average Bonchev–Trinajstić information content (AvgIpc) is 2.94. The Morgan fingerprint density at radius 3 is 2.34 bits per heavy atom. The zero-order chi connectivity index (χ0) is 31.4. The molecule has 8 heteroatoms. The van der Waals surface area contributed by atoms with Gasteiger partial charge in [0, 0.05) is 30.4 Å². The molecule has 0 aliphatic rings. The molecule has 1 aromatic carbocycles. The summed E-state index contributed by atoms with van der Waals surface area (Å²) in [5.74, 6) is 0.0991. The van der Waals surface area contributed by atoms with Crippen molar-refractivity contribution in [2.24, 2.45) is 0 Å². The van der Waals surface area contributed by atoms with Crippen LogP contribution >= 0.6 is 11.6 Å². The Kier molecular flexibility index (Phi) is 18.9. The second-order valence-electron chi connectivity index (χ2n) is 8.81. The fourth-order valence-corrected chi connectivity index (χ4v) is 3.53. The lowest BCUT2D eigenvalue weighted by molar-refractivity contribution is -0.137. The lowest BCUT2D eigenvalue weighted by Gasteiger charge is -2.18. The molecule has 0 saturated heterocycles. The first-order chi connectivity index (χ1) is 19.4. The van der Waals surface area contributed by atoms with Crippen molar-refractivity contribution >= 4 is 11.6 Å². The van der Waals surface area contributed by atoms with Crippen LogP contribution in [-0.2, 0) is 6.18 Å². The van der Waals surface area contributed by atoms with E-state index in [1.165, 1.54) is 25.1 Å². The second-order valence-corrected chi connectivity index (χ2v) is 9.38. The fraction of sp³-hybridized carbons (Fsp3) is 0.364. The SMILES string of the molecule is C/C=C\C=C/CCC(c1cccc(C(F)(F)F)c1)c1cccc(C)n1.C=C(NC)NC(C)/C=C\C(F)=C(/C)Cl.CC. The number of pyridine rings is 1. The monoisotopic (exact) mass is 593 g/mol. The van der Waals surface area contributed by atoms with E-state index in [0.29, 0.717) is 17.8 Å². The number of rotatable bonds is 11. The third-order valence-corrected chi connectivity index (χ3v) is 5.69. The predicted molar refractivity (Wildman–Crippen MR) is 166 cm³/mol. The van der Waals surface area contributed by atoms with E-state index in [1.54, 1.807) is 19.2 Å². The summed E-state index contributed by atoms with van der Waals surface area (Å²) in [6, 6.07) is 11.2. The molecule has 0 aliphatic carbocycles. The van der Waals surface area contributed by atoms with Crippen molar-refractivity contribution in [1.82, 2.24) is 15.6 Å². The minimum absolute atomic E-state index is 0.00304. The fourth-order valence-electron chi connectivity index (χ4n) is 3.46. The Balaban J connectivity index is 0.000000853. The molecule has 3 nitrogen and oxygen atoms in total. The molecule has 0 saturated carbocycles. The van der Waals surface area contributed by atoms with Crippen molar-refractivity contribution in [2.45, 2.75) is 72.5 Å². The van der Waals surface area contributed by atoms with Gasteiger partial charge in [0.1, 0.15) is 5.83 Å². The molecule has 0 radical (unpaired) electrons. The van der Waals surface area contributed by atoms with Gasteiger partial charge in [-0.25, -0.2) is 4.39 Å². The minimum atomic E-state index is -4.34. The van der Waals surface area contributed by atoms with Gasteiger partial charge in [-0.05, 0) is 70.4 Å². The number of aromatic nitrogens is 1. The number of benzene rings is 1. The zero-order valence-electron chi connectivity index (χ0n) is 25.1. The Hall–Kier alpha value is -3.32. The molecule has 1 aromatic heterocycles. The summed E-state index contributed by atoms with van der Waals surface area (Å²) in [4.78, 5) is 4.54. The highest BCUT2D eigenvalue weighted by molar-refractivity contribution is 6.29. The van der Waals surface area contributed by atoms with Crippen molar-refractivity contribution in [3.63, 3.8) is 0 Å². The molecule has 2 rings (SSSR count). The standard InChI is InChI=1S/C21H22F3N.C10H16ClFN2.C2H6/c1-3-4-5-6-7-13-19(20-14-8-10-16(2)25-20)17-11-9-12-18(15-17)21(22,23)24;1-7(14-9(3)13-4)5-6-10(12)8(2)11;1-2/h3-6,8-12,14-15,19H,7,13H2,1-2H3;5-7,13-14H,3H2,1-2,4H3;1-2H3/b4-3-,6-5-;6-5-,10-8-;. The topological polar surface area (TPSA) is 37.0 Å². The quantitative estimate of drug-likeness (QED) is 0.201. The van der Waals surface area contributed by atoms with E-state index >= 15 is 0 Å². The Labute approximate surface area is 248 Å². The molecule has 0 spiro atoms. The van der Waals surface area contributed by atoms with Gasteiger partial charge >= 0.3 is 6.18 Å². The van der Waals surface area contributed by atoms with Gasteiger partial charge in [-0.15, -0.1) is 0 Å². The van der Waals surface area contributed by atoms with Gasteiger partial charge in [0.25, 0.3) is 0 Å². The maximum absolute atomic E-state index is 13.1. The highest BCUT2D eigenvalue weighted by Crippen LogP contribution is 2.34. The summed E-state index contributed by atoms with van der Waals surface area (Å²) >= 11 is 5.45.